The fourth-order valence-electron chi connectivity index (χ4n) is 3.05. The maximum absolute atomic E-state index is 13.3. The second kappa shape index (κ2) is 5.59. The van der Waals surface area contributed by atoms with E-state index >= 15 is 0 Å². The molecule has 122 valence electrons. The average Bonchev–Trinajstić information content (AvgIpc) is 3.14. The first-order valence-electron chi connectivity index (χ1n) is 7.56. The number of H-pyrrole nitrogens is 2. The minimum atomic E-state index is -0.808. The molecule has 1 aromatic carbocycles. The summed E-state index contributed by atoms with van der Waals surface area (Å²) in [6, 6.07) is 6.24. The molecule has 4 rings (SSSR count). The predicted octanol–water partition coefficient (Wildman–Crippen LogP) is 2.62. The number of imidazole rings is 1. The number of pyridine rings is 1. The van der Waals surface area contributed by atoms with Gasteiger partial charge in [-0.25, -0.2) is 18.6 Å². The van der Waals surface area contributed by atoms with Crippen LogP contribution in [0.4, 0.5) is 14.6 Å². The van der Waals surface area contributed by atoms with Gasteiger partial charge in [0, 0.05) is 24.0 Å². The Balaban J connectivity index is 1.48. The highest BCUT2D eigenvalue weighted by Gasteiger charge is 2.23. The van der Waals surface area contributed by atoms with Gasteiger partial charge >= 0.3 is 5.69 Å². The molecule has 0 radical (unpaired) electrons. The zero-order valence-electron chi connectivity index (χ0n) is 12.6. The molecule has 24 heavy (non-hydrogen) atoms. The van der Waals surface area contributed by atoms with Gasteiger partial charge in [0.2, 0.25) is 0 Å². The molecule has 0 bridgehead atoms. The molecule has 5 nitrogen and oxygen atoms in total. The van der Waals surface area contributed by atoms with E-state index in [9.17, 15) is 13.6 Å². The Morgan fingerprint density at radius 2 is 1.83 bits per heavy atom. The summed E-state index contributed by atoms with van der Waals surface area (Å²) in [6.45, 7) is 0. The van der Waals surface area contributed by atoms with Crippen LogP contribution in [-0.4, -0.2) is 21.0 Å². The number of halogens is 2. The molecule has 2 aromatic heterocycles. The summed E-state index contributed by atoms with van der Waals surface area (Å²) < 4.78 is 26.6. The first-order valence-corrected chi connectivity index (χ1v) is 7.56. The van der Waals surface area contributed by atoms with Crippen LogP contribution in [0.3, 0.4) is 0 Å². The Kier molecular flexibility index (Phi) is 3.41. The molecule has 0 atom stereocenters. The molecule has 2 heterocycles. The number of benzene rings is 1. The maximum atomic E-state index is 13.3. The average molecular weight is 328 g/mol. The van der Waals surface area contributed by atoms with Gasteiger partial charge in [-0.15, -0.1) is 0 Å². The molecular weight excluding hydrogens is 314 g/mol. The fraction of sp³-hybridized carbons (Fsp3) is 0.176. The summed E-state index contributed by atoms with van der Waals surface area (Å²) in [5, 5.41) is 3.27. The van der Waals surface area contributed by atoms with Crippen LogP contribution in [0.2, 0.25) is 0 Å². The van der Waals surface area contributed by atoms with Gasteiger partial charge in [0.15, 0.2) is 11.6 Å². The van der Waals surface area contributed by atoms with Crippen molar-refractivity contribution in [1.82, 2.24) is 15.0 Å². The van der Waals surface area contributed by atoms with E-state index in [0.29, 0.717) is 24.4 Å². The van der Waals surface area contributed by atoms with Gasteiger partial charge in [0.05, 0.1) is 5.69 Å². The van der Waals surface area contributed by atoms with E-state index in [1.807, 2.05) is 12.1 Å². The molecule has 0 saturated carbocycles. The summed E-state index contributed by atoms with van der Waals surface area (Å²) in [7, 11) is 0. The largest absolute Gasteiger partial charge is 0.367 e. The second-order valence-electron chi connectivity index (χ2n) is 5.87. The molecule has 1 aliphatic carbocycles. The molecule has 3 N–H and O–H groups in total. The first-order chi connectivity index (χ1) is 11.6. The Hall–Kier alpha value is -2.96. The van der Waals surface area contributed by atoms with Crippen LogP contribution in [0.1, 0.15) is 11.1 Å². The minimum absolute atomic E-state index is 0.0478. The van der Waals surface area contributed by atoms with Crippen molar-refractivity contribution in [1.29, 1.82) is 0 Å². The lowest BCUT2D eigenvalue weighted by Gasteiger charge is -2.12. The van der Waals surface area contributed by atoms with Gasteiger partial charge in [-0.2, -0.15) is 0 Å². The van der Waals surface area contributed by atoms with E-state index in [-0.39, 0.29) is 11.7 Å². The van der Waals surface area contributed by atoms with E-state index in [4.69, 9.17) is 0 Å². The predicted molar refractivity (Wildman–Crippen MR) is 85.8 cm³/mol. The molecule has 3 aromatic rings. The Morgan fingerprint density at radius 1 is 1.12 bits per heavy atom. The van der Waals surface area contributed by atoms with Crippen molar-refractivity contribution in [3.8, 4) is 11.3 Å². The zero-order valence-corrected chi connectivity index (χ0v) is 12.6. The maximum Gasteiger partial charge on any atom is 0.323 e. The molecular formula is C17H14F2N4O. The van der Waals surface area contributed by atoms with E-state index in [1.54, 1.807) is 12.4 Å². The number of rotatable bonds is 3. The van der Waals surface area contributed by atoms with Crippen LogP contribution >= 0.6 is 0 Å². The molecule has 7 heteroatoms. The quantitative estimate of drug-likeness (QED) is 0.692. The summed E-state index contributed by atoms with van der Waals surface area (Å²) in [5.74, 6) is -0.940. The molecule has 1 aliphatic rings. The summed E-state index contributed by atoms with van der Waals surface area (Å²) in [4.78, 5) is 20.7. The van der Waals surface area contributed by atoms with Crippen LogP contribution in [0.5, 0.6) is 0 Å². The van der Waals surface area contributed by atoms with Gasteiger partial charge in [-0.05, 0) is 48.2 Å². The number of nitrogens with one attached hydrogen (secondary N) is 3. The molecule has 0 amide bonds. The molecule has 0 aliphatic heterocycles. The van der Waals surface area contributed by atoms with Gasteiger partial charge in [-0.3, -0.25) is 0 Å². The van der Waals surface area contributed by atoms with Crippen LogP contribution in [-0.2, 0) is 12.8 Å². The normalized spacial score (nSPS) is 13.9. The number of fused-ring (bicyclic) bond motifs is 1. The van der Waals surface area contributed by atoms with Gasteiger partial charge in [0.1, 0.15) is 5.82 Å². The van der Waals surface area contributed by atoms with Crippen molar-refractivity contribution >= 4 is 5.82 Å². The molecule has 0 saturated heterocycles. The van der Waals surface area contributed by atoms with Crippen molar-refractivity contribution in [2.45, 2.75) is 18.9 Å². The molecule has 0 spiro atoms. The number of anilines is 1. The summed E-state index contributed by atoms with van der Waals surface area (Å²) >= 11 is 0. The third kappa shape index (κ3) is 2.68. The number of nitrogens with zero attached hydrogens (tertiary/aromatic N) is 1. The van der Waals surface area contributed by atoms with Gasteiger partial charge < -0.3 is 15.3 Å². The van der Waals surface area contributed by atoms with E-state index in [2.05, 4.69) is 20.3 Å². The zero-order chi connectivity index (χ0) is 16.7. The number of aromatic nitrogens is 3. The van der Waals surface area contributed by atoms with Crippen molar-refractivity contribution in [3.05, 3.63) is 69.9 Å². The van der Waals surface area contributed by atoms with Crippen molar-refractivity contribution in [2.75, 3.05) is 5.32 Å². The Labute approximate surface area is 135 Å². The highest BCUT2D eigenvalue weighted by Crippen LogP contribution is 2.27. The van der Waals surface area contributed by atoms with Crippen molar-refractivity contribution in [2.24, 2.45) is 0 Å². The highest BCUT2D eigenvalue weighted by molar-refractivity contribution is 5.58. The van der Waals surface area contributed by atoms with Crippen LogP contribution in [0.25, 0.3) is 11.3 Å². The van der Waals surface area contributed by atoms with Crippen LogP contribution in [0.15, 0.2) is 41.5 Å². The third-order valence-corrected chi connectivity index (χ3v) is 4.20. The van der Waals surface area contributed by atoms with E-state index < -0.39 is 11.6 Å². The Bertz CT molecular complexity index is 915. The Morgan fingerprint density at radius 3 is 2.38 bits per heavy atom. The van der Waals surface area contributed by atoms with Gasteiger partial charge in [-0.1, -0.05) is 0 Å². The minimum Gasteiger partial charge on any atom is -0.367 e. The molecule has 0 fully saturated rings. The third-order valence-electron chi connectivity index (χ3n) is 4.20. The van der Waals surface area contributed by atoms with E-state index in [0.717, 1.165) is 16.7 Å². The monoisotopic (exact) mass is 328 g/mol. The van der Waals surface area contributed by atoms with Crippen LogP contribution in [0, 0.1) is 11.6 Å². The standard InChI is InChI=1S/C17H14F2N4O/c18-13-5-10-3-12(4-11(10)6-14(13)19)22-16-2-1-9(7-20-16)15-8-21-17(24)23-15/h1-2,5-8,12H,3-4H2,(H,20,22)(H2,21,23,24). The molecule has 0 unspecified atom stereocenters. The van der Waals surface area contributed by atoms with Crippen LogP contribution < -0.4 is 11.0 Å². The smallest absolute Gasteiger partial charge is 0.323 e. The number of aromatic amines is 2. The first kappa shape index (κ1) is 14.6. The lowest BCUT2D eigenvalue weighted by atomic mass is 10.1. The van der Waals surface area contributed by atoms with Gasteiger partial charge in [0.25, 0.3) is 0 Å². The van der Waals surface area contributed by atoms with E-state index in [1.165, 1.54) is 12.1 Å². The van der Waals surface area contributed by atoms with Crippen molar-refractivity contribution in [3.63, 3.8) is 0 Å². The van der Waals surface area contributed by atoms with Crippen molar-refractivity contribution < 1.29 is 8.78 Å². The summed E-state index contributed by atoms with van der Waals surface area (Å²) in [6.07, 6.45) is 4.49. The number of hydrogen-bond acceptors (Lipinski definition) is 3. The number of hydrogen-bond donors (Lipinski definition) is 3. The second-order valence-corrected chi connectivity index (χ2v) is 5.87. The topological polar surface area (TPSA) is 73.6 Å². The SMILES string of the molecule is O=c1[nH]cc(-c2ccc(NC3Cc4cc(F)c(F)cc4C3)nc2)[nH]1. The lowest BCUT2D eigenvalue weighted by Crippen LogP contribution is -2.20. The fourth-order valence-corrected chi connectivity index (χ4v) is 3.05. The lowest BCUT2D eigenvalue weighted by molar-refractivity contribution is 0.507. The highest BCUT2D eigenvalue weighted by atomic mass is 19.2. The summed E-state index contributed by atoms with van der Waals surface area (Å²) in [5.41, 5.74) is 2.84.